The first-order valence-electron chi connectivity index (χ1n) is 6.65. The number of carbonyl (C=O) groups is 1. The van der Waals surface area contributed by atoms with Crippen LogP contribution in [-0.2, 0) is 23.8 Å². The molecule has 1 heterocycles. The van der Waals surface area contributed by atoms with Crippen LogP contribution in [0.4, 0.5) is 13.2 Å². The second-order valence-electron chi connectivity index (χ2n) is 4.88. The topological polar surface area (TPSA) is 99.1 Å². The molecule has 0 saturated carbocycles. The molecule has 1 saturated heterocycles. The second-order valence-corrected chi connectivity index (χ2v) is 6.45. The Kier molecular flexibility index (Phi) is 5.48. The third-order valence-electron chi connectivity index (χ3n) is 3.09. The predicted molar refractivity (Wildman–Crippen MR) is 72.1 cm³/mol. The average molecular weight is 370 g/mol. The molecule has 24 heavy (non-hydrogen) atoms. The number of benzene rings is 1. The molecule has 1 fully saturated rings. The van der Waals surface area contributed by atoms with Gasteiger partial charge in [-0.2, -0.15) is 21.6 Å². The minimum Gasteiger partial charge on any atom is -0.459 e. The van der Waals surface area contributed by atoms with Gasteiger partial charge < -0.3 is 14.6 Å². The van der Waals surface area contributed by atoms with Crippen LogP contribution in [0, 0.1) is 0 Å². The summed E-state index contributed by atoms with van der Waals surface area (Å²) >= 11 is 0. The van der Waals surface area contributed by atoms with E-state index < -0.39 is 46.5 Å². The van der Waals surface area contributed by atoms with Gasteiger partial charge in [0.1, 0.15) is 12.7 Å². The van der Waals surface area contributed by atoms with Crippen molar-refractivity contribution in [3.63, 3.8) is 0 Å². The van der Waals surface area contributed by atoms with Crippen molar-refractivity contribution in [3.05, 3.63) is 35.9 Å². The standard InChI is InChI=1S/C13H13F3O7S/c14-13(15,16)24(19,20)23-10-6-9(22-12(10)18)7-21-11(17)8-4-2-1-3-5-8/h1-5,9-10,12,18H,6-7H2/t9-,10-,12?/m0/s1. The third-order valence-corrected chi connectivity index (χ3v) is 4.16. The van der Waals surface area contributed by atoms with Gasteiger partial charge in [-0.15, -0.1) is 0 Å². The number of aliphatic hydroxyl groups is 1. The van der Waals surface area contributed by atoms with Crippen LogP contribution in [0.15, 0.2) is 30.3 Å². The van der Waals surface area contributed by atoms with Gasteiger partial charge in [-0.05, 0) is 12.1 Å². The molecule has 0 bridgehead atoms. The van der Waals surface area contributed by atoms with Gasteiger partial charge in [-0.25, -0.2) is 4.79 Å². The number of halogens is 3. The average Bonchev–Trinajstić information content (AvgIpc) is 2.84. The number of rotatable bonds is 5. The fourth-order valence-electron chi connectivity index (χ4n) is 1.95. The zero-order valence-corrected chi connectivity index (χ0v) is 12.8. The van der Waals surface area contributed by atoms with Gasteiger partial charge in [-0.3, -0.25) is 4.18 Å². The summed E-state index contributed by atoms with van der Waals surface area (Å²) < 4.78 is 72.2. The number of hydrogen-bond acceptors (Lipinski definition) is 7. The summed E-state index contributed by atoms with van der Waals surface area (Å²) in [7, 11) is -5.86. The molecule has 1 aromatic carbocycles. The van der Waals surface area contributed by atoms with Crippen LogP contribution < -0.4 is 0 Å². The molecular formula is C13H13F3O7S. The molecule has 0 radical (unpaired) electrons. The Morgan fingerprint density at radius 2 is 1.92 bits per heavy atom. The lowest BCUT2D eigenvalue weighted by atomic mass is 10.2. The zero-order chi connectivity index (χ0) is 18.0. The molecule has 3 atom stereocenters. The van der Waals surface area contributed by atoms with Crippen molar-refractivity contribution in [2.24, 2.45) is 0 Å². The Bertz CT molecular complexity index is 675. The van der Waals surface area contributed by atoms with Crippen LogP contribution in [0.3, 0.4) is 0 Å². The van der Waals surface area contributed by atoms with E-state index in [0.717, 1.165) is 0 Å². The third kappa shape index (κ3) is 4.44. The molecule has 1 aliphatic rings. The van der Waals surface area contributed by atoms with E-state index in [1.54, 1.807) is 18.2 Å². The maximum absolute atomic E-state index is 12.2. The number of esters is 1. The lowest BCUT2D eigenvalue weighted by molar-refractivity contribution is -0.132. The summed E-state index contributed by atoms with van der Waals surface area (Å²) in [6.07, 6.45) is -5.01. The molecular weight excluding hydrogens is 357 g/mol. The first-order valence-corrected chi connectivity index (χ1v) is 8.06. The van der Waals surface area contributed by atoms with E-state index in [1.807, 2.05) is 0 Å². The molecule has 11 heteroatoms. The van der Waals surface area contributed by atoms with Crippen LogP contribution in [0.2, 0.25) is 0 Å². The highest BCUT2D eigenvalue weighted by atomic mass is 32.2. The first-order chi connectivity index (χ1) is 11.1. The lowest BCUT2D eigenvalue weighted by Crippen LogP contribution is -2.33. The second kappa shape index (κ2) is 7.05. The number of hydrogen-bond donors (Lipinski definition) is 1. The maximum Gasteiger partial charge on any atom is 0.523 e. The molecule has 2 rings (SSSR count). The largest absolute Gasteiger partial charge is 0.523 e. The monoisotopic (exact) mass is 370 g/mol. The van der Waals surface area contributed by atoms with Gasteiger partial charge in [0, 0.05) is 6.42 Å². The normalized spacial score (nSPS) is 24.8. The van der Waals surface area contributed by atoms with Crippen molar-refractivity contribution in [2.45, 2.75) is 30.4 Å². The van der Waals surface area contributed by atoms with E-state index in [1.165, 1.54) is 12.1 Å². The van der Waals surface area contributed by atoms with Crippen molar-refractivity contribution >= 4 is 16.1 Å². The van der Waals surface area contributed by atoms with Crippen molar-refractivity contribution in [1.29, 1.82) is 0 Å². The number of carbonyl (C=O) groups excluding carboxylic acids is 1. The summed E-state index contributed by atoms with van der Waals surface area (Å²) in [5.41, 5.74) is -5.35. The molecule has 7 nitrogen and oxygen atoms in total. The van der Waals surface area contributed by atoms with Crippen molar-refractivity contribution in [2.75, 3.05) is 6.61 Å². The fraction of sp³-hybridized carbons (Fsp3) is 0.462. The number of aliphatic hydroxyl groups excluding tert-OH is 1. The molecule has 0 amide bonds. The quantitative estimate of drug-likeness (QED) is 0.472. The molecule has 1 aliphatic heterocycles. The Labute approximate surface area is 135 Å². The smallest absolute Gasteiger partial charge is 0.459 e. The summed E-state index contributed by atoms with van der Waals surface area (Å²) in [5, 5.41) is 9.45. The van der Waals surface area contributed by atoms with Gasteiger partial charge in [0.15, 0.2) is 6.29 Å². The van der Waals surface area contributed by atoms with Gasteiger partial charge in [0.25, 0.3) is 0 Å². The van der Waals surface area contributed by atoms with E-state index in [4.69, 9.17) is 9.47 Å². The van der Waals surface area contributed by atoms with Crippen molar-refractivity contribution in [3.8, 4) is 0 Å². The summed E-state index contributed by atoms with van der Waals surface area (Å²) in [5.74, 6) is -0.694. The molecule has 0 aliphatic carbocycles. The Balaban J connectivity index is 1.89. The number of ether oxygens (including phenoxy) is 2. The molecule has 1 N–H and O–H groups in total. The predicted octanol–water partition coefficient (Wildman–Crippen LogP) is 1.19. The van der Waals surface area contributed by atoms with Crippen LogP contribution >= 0.6 is 0 Å². The van der Waals surface area contributed by atoms with E-state index in [2.05, 4.69) is 4.18 Å². The van der Waals surface area contributed by atoms with Gasteiger partial charge >= 0.3 is 21.6 Å². The van der Waals surface area contributed by atoms with Gasteiger partial charge in [-0.1, -0.05) is 18.2 Å². The first kappa shape index (κ1) is 18.6. The minimum absolute atomic E-state index is 0.253. The highest BCUT2D eigenvalue weighted by molar-refractivity contribution is 7.87. The maximum atomic E-state index is 12.2. The highest BCUT2D eigenvalue weighted by Crippen LogP contribution is 2.30. The van der Waals surface area contributed by atoms with Crippen LogP contribution in [0.5, 0.6) is 0 Å². The van der Waals surface area contributed by atoms with Crippen molar-refractivity contribution in [1.82, 2.24) is 0 Å². The summed E-state index contributed by atoms with van der Waals surface area (Å²) in [6.45, 7) is -0.378. The lowest BCUT2D eigenvalue weighted by Gasteiger charge is -2.14. The Morgan fingerprint density at radius 1 is 1.29 bits per heavy atom. The Morgan fingerprint density at radius 3 is 2.50 bits per heavy atom. The van der Waals surface area contributed by atoms with Crippen LogP contribution in [0.25, 0.3) is 0 Å². The minimum atomic E-state index is -5.86. The number of alkyl halides is 3. The summed E-state index contributed by atoms with van der Waals surface area (Å²) in [6, 6.07) is 7.90. The van der Waals surface area contributed by atoms with Crippen LogP contribution in [-0.4, -0.2) is 50.1 Å². The highest BCUT2D eigenvalue weighted by Gasteiger charge is 2.51. The molecule has 134 valence electrons. The van der Waals surface area contributed by atoms with Gasteiger partial charge in [0.2, 0.25) is 0 Å². The van der Waals surface area contributed by atoms with E-state index >= 15 is 0 Å². The summed E-state index contributed by atoms with van der Waals surface area (Å²) in [4.78, 5) is 11.7. The SMILES string of the molecule is O=C(OC[C@@H]1C[C@H](OS(=O)(=O)C(F)(F)F)C(O)O1)c1ccccc1. The van der Waals surface area contributed by atoms with Gasteiger partial charge in [0.05, 0.1) is 11.7 Å². The van der Waals surface area contributed by atoms with Crippen molar-refractivity contribution < 1.29 is 45.1 Å². The molecule has 1 unspecified atom stereocenters. The van der Waals surface area contributed by atoms with E-state index in [-0.39, 0.29) is 12.2 Å². The van der Waals surface area contributed by atoms with Crippen LogP contribution in [0.1, 0.15) is 16.8 Å². The zero-order valence-electron chi connectivity index (χ0n) is 12.0. The molecule has 0 aromatic heterocycles. The van der Waals surface area contributed by atoms with E-state index in [0.29, 0.717) is 0 Å². The fourth-order valence-corrected chi connectivity index (χ4v) is 2.56. The van der Waals surface area contributed by atoms with E-state index in [9.17, 15) is 31.5 Å². The molecule has 1 aromatic rings. The molecule has 0 spiro atoms. The Hall–Kier alpha value is -1.69.